The van der Waals surface area contributed by atoms with Crippen molar-refractivity contribution in [2.45, 2.75) is 11.8 Å². The maximum absolute atomic E-state index is 12.4. The Morgan fingerprint density at radius 3 is 2.46 bits per heavy atom. The van der Waals surface area contributed by atoms with Gasteiger partial charge in [0.1, 0.15) is 5.75 Å². The average Bonchev–Trinajstić information content (AvgIpc) is 2.54. The van der Waals surface area contributed by atoms with Gasteiger partial charge in [-0.25, -0.2) is 0 Å². The predicted octanol–water partition coefficient (Wildman–Crippen LogP) is 2.94. The number of phenolic OH excluding ortho intramolecular Hbond substituents is 1. The number of aromatic hydroxyl groups is 1. The van der Waals surface area contributed by atoms with E-state index in [-0.39, 0.29) is 5.75 Å². The average molecular weight is 372 g/mol. The summed E-state index contributed by atoms with van der Waals surface area (Å²) >= 11 is 0. The summed E-state index contributed by atoms with van der Waals surface area (Å²) in [5, 5.41) is 13.5. The van der Waals surface area contributed by atoms with Crippen LogP contribution in [0.5, 0.6) is 5.75 Å². The lowest BCUT2D eigenvalue weighted by molar-refractivity contribution is 0.102. The Hall–Kier alpha value is -3.10. The molecule has 1 amide bonds. The van der Waals surface area contributed by atoms with E-state index in [9.17, 15) is 18.3 Å². The van der Waals surface area contributed by atoms with Crippen molar-refractivity contribution in [3.8, 4) is 5.75 Å². The van der Waals surface area contributed by atoms with Crippen LogP contribution in [0.15, 0.2) is 53.4 Å². The van der Waals surface area contributed by atoms with Gasteiger partial charge in [-0.05, 0) is 48.2 Å². The van der Waals surface area contributed by atoms with E-state index < -0.39 is 20.9 Å². The van der Waals surface area contributed by atoms with Gasteiger partial charge in [0.25, 0.3) is 16.0 Å². The van der Waals surface area contributed by atoms with E-state index in [1.165, 1.54) is 18.2 Å². The van der Waals surface area contributed by atoms with E-state index in [2.05, 4.69) is 5.32 Å². The first kappa shape index (κ1) is 17.7. The zero-order chi connectivity index (χ0) is 19.1. The first-order valence-corrected chi connectivity index (χ1v) is 9.01. The zero-order valence-corrected chi connectivity index (χ0v) is 14.5. The lowest BCUT2D eigenvalue weighted by Crippen LogP contribution is -2.14. The van der Waals surface area contributed by atoms with Crippen molar-refractivity contribution in [2.24, 2.45) is 0 Å². The maximum atomic E-state index is 12.4. The Kier molecular flexibility index (Phi) is 4.31. The first-order valence-electron chi connectivity index (χ1n) is 7.57. The molecule has 0 aliphatic rings. The van der Waals surface area contributed by atoms with Crippen LogP contribution in [0.2, 0.25) is 0 Å². The molecular weight excluding hydrogens is 356 g/mol. The molecule has 0 saturated carbocycles. The van der Waals surface area contributed by atoms with Crippen LogP contribution in [0.4, 0.5) is 11.4 Å². The van der Waals surface area contributed by atoms with Gasteiger partial charge in [-0.15, -0.1) is 0 Å². The van der Waals surface area contributed by atoms with Gasteiger partial charge in [0.15, 0.2) is 0 Å². The van der Waals surface area contributed by atoms with Gasteiger partial charge in [-0.2, -0.15) is 8.42 Å². The van der Waals surface area contributed by atoms with Gasteiger partial charge in [0.2, 0.25) is 0 Å². The van der Waals surface area contributed by atoms with Crippen molar-refractivity contribution < 1.29 is 22.9 Å². The summed E-state index contributed by atoms with van der Waals surface area (Å²) in [5.41, 5.74) is 7.87. The molecule has 0 bridgehead atoms. The van der Waals surface area contributed by atoms with Crippen LogP contribution >= 0.6 is 0 Å². The highest BCUT2D eigenvalue weighted by atomic mass is 32.2. The number of phenols is 1. The molecule has 3 rings (SSSR count). The lowest BCUT2D eigenvalue weighted by Gasteiger charge is -2.10. The fourth-order valence-electron chi connectivity index (χ4n) is 2.63. The Labute approximate surface area is 149 Å². The molecule has 0 heterocycles. The number of fused-ring (bicyclic) bond motifs is 1. The molecule has 8 heteroatoms. The number of rotatable bonds is 3. The number of carbonyl (C=O) groups excluding carboxylic acids is 1. The summed E-state index contributed by atoms with van der Waals surface area (Å²) in [6, 6.07) is 11.8. The third-order valence-electron chi connectivity index (χ3n) is 3.91. The van der Waals surface area contributed by atoms with Crippen LogP contribution in [0.25, 0.3) is 10.8 Å². The van der Waals surface area contributed by atoms with Gasteiger partial charge in [0, 0.05) is 22.8 Å². The standard InChI is InChI=1S/C18H16N2O5S/c1-10-2-5-14(16(19)6-10)18(22)20-12-4-3-11-7-13(26(23,24)25)9-17(21)15(11)8-12/h2-9,21H,19H2,1H3,(H,20,22)(H,23,24,25). The first-order chi connectivity index (χ1) is 12.1. The Morgan fingerprint density at radius 2 is 1.81 bits per heavy atom. The SMILES string of the molecule is Cc1ccc(C(=O)Nc2ccc3cc(S(=O)(=O)O)cc(O)c3c2)c(N)c1. The van der Waals surface area contributed by atoms with Crippen LogP contribution in [-0.4, -0.2) is 24.0 Å². The normalized spacial score (nSPS) is 11.5. The van der Waals surface area contributed by atoms with Crippen LogP contribution in [-0.2, 0) is 10.1 Å². The van der Waals surface area contributed by atoms with Crippen LogP contribution in [0.3, 0.4) is 0 Å². The molecule has 0 aliphatic heterocycles. The third kappa shape index (κ3) is 3.46. The van der Waals surface area contributed by atoms with Gasteiger partial charge in [-0.3, -0.25) is 9.35 Å². The number of anilines is 2. The number of hydrogen-bond donors (Lipinski definition) is 4. The third-order valence-corrected chi connectivity index (χ3v) is 4.74. The van der Waals surface area contributed by atoms with Gasteiger partial charge >= 0.3 is 0 Å². The minimum Gasteiger partial charge on any atom is -0.507 e. The molecule has 0 aromatic heterocycles. The summed E-state index contributed by atoms with van der Waals surface area (Å²) in [5.74, 6) is -0.739. The molecule has 0 atom stereocenters. The predicted molar refractivity (Wildman–Crippen MR) is 99.0 cm³/mol. The van der Waals surface area contributed by atoms with Crippen molar-refractivity contribution in [1.29, 1.82) is 0 Å². The molecule has 0 unspecified atom stereocenters. The number of amides is 1. The van der Waals surface area contributed by atoms with E-state index >= 15 is 0 Å². The van der Waals surface area contributed by atoms with Crippen molar-refractivity contribution in [3.63, 3.8) is 0 Å². The number of nitrogens with one attached hydrogen (secondary N) is 1. The molecule has 26 heavy (non-hydrogen) atoms. The van der Waals surface area contributed by atoms with Crippen molar-refractivity contribution in [3.05, 3.63) is 59.7 Å². The minimum absolute atomic E-state index is 0.321. The van der Waals surface area contributed by atoms with E-state index in [4.69, 9.17) is 10.3 Å². The van der Waals surface area contributed by atoms with Crippen molar-refractivity contribution >= 4 is 38.2 Å². The number of aryl methyl sites for hydroxylation is 1. The zero-order valence-electron chi connectivity index (χ0n) is 13.7. The van der Waals surface area contributed by atoms with E-state index in [0.29, 0.717) is 27.7 Å². The quantitative estimate of drug-likeness (QED) is 0.413. The second-order valence-corrected chi connectivity index (χ2v) is 7.32. The summed E-state index contributed by atoms with van der Waals surface area (Å²) in [7, 11) is -4.43. The topological polar surface area (TPSA) is 130 Å². The molecule has 0 spiro atoms. The molecule has 0 fully saturated rings. The lowest BCUT2D eigenvalue weighted by atomic mass is 10.1. The molecule has 0 saturated heterocycles. The van der Waals surface area contributed by atoms with Gasteiger partial charge < -0.3 is 16.2 Å². The van der Waals surface area contributed by atoms with E-state index in [1.807, 2.05) is 6.92 Å². The largest absolute Gasteiger partial charge is 0.507 e. The molecular formula is C18H16N2O5S. The second kappa shape index (κ2) is 6.32. The Bertz CT molecular complexity index is 1140. The number of benzene rings is 3. The van der Waals surface area contributed by atoms with E-state index in [1.54, 1.807) is 24.3 Å². The van der Waals surface area contributed by atoms with Crippen molar-refractivity contribution in [1.82, 2.24) is 0 Å². The monoisotopic (exact) mass is 372 g/mol. The van der Waals surface area contributed by atoms with Crippen LogP contribution in [0, 0.1) is 6.92 Å². The highest BCUT2D eigenvalue weighted by Gasteiger charge is 2.15. The maximum Gasteiger partial charge on any atom is 0.294 e. The summed E-state index contributed by atoms with van der Waals surface area (Å²) in [6.07, 6.45) is 0. The number of hydrogen-bond acceptors (Lipinski definition) is 5. The van der Waals surface area contributed by atoms with E-state index in [0.717, 1.165) is 11.6 Å². The van der Waals surface area contributed by atoms with Gasteiger partial charge in [-0.1, -0.05) is 12.1 Å². The van der Waals surface area contributed by atoms with Gasteiger partial charge in [0.05, 0.1) is 10.5 Å². The highest BCUT2D eigenvalue weighted by molar-refractivity contribution is 7.85. The fraction of sp³-hybridized carbons (Fsp3) is 0.0556. The highest BCUT2D eigenvalue weighted by Crippen LogP contribution is 2.31. The number of carbonyl (C=O) groups is 1. The van der Waals surface area contributed by atoms with Crippen molar-refractivity contribution in [2.75, 3.05) is 11.1 Å². The number of nitrogen functional groups attached to an aromatic ring is 1. The number of nitrogens with two attached hydrogens (primary N) is 1. The Balaban J connectivity index is 1.97. The fourth-order valence-corrected chi connectivity index (χ4v) is 3.16. The molecule has 7 nitrogen and oxygen atoms in total. The Morgan fingerprint density at radius 1 is 1.08 bits per heavy atom. The summed E-state index contributed by atoms with van der Waals surface area (Å²) < 4.78 is 31.6. The summed E-state index contributed by atoms with van der Waals surface area (Å²) in [4.78, 5) is 12.0. The molecule has 134 valence electrons. The molecule has 5 N–H and O–H groups in total. The molecule has 0 radical (unpaired) electrons. The second-order valence-electron chi connectivity index (χ2n) is 5.90. The molecule has 0 aliphatic carbocycles. The summed E-state index contributed by atoms with van der Waals surface area (Å²) in [6.45, 7) is 1.87. The van der Waals surface area contributed by atoms with Crippen LogP contribution < -0.4 is 11.1 Å². The molecule has 3 aromatic rings. The molecule has 3 aromatic carbocycles. The minimum atomic E-state index is -4.43. The van der Waals surface area contributed by atoms with Crippen LogP contribution in [0.1, 0.15) is 15.9 Å². The smallest absolute Gasteiger partial charge is 0.294 e.